The molecule has 0 saturated carbocycles. The van der Waals surface area contributed by atoms with Crippen molar-refractivity contribution < 1.29 is 4.39 Å². The molecular weight excluding hydrogens is 185 g/mol. The van der Waals surface area contributed by atoms with Gasteiger partial charge in [0.2, 0.25) is 0 Å². The van der Waals surface area contributed by atoms with Crippen LogP contribution in [0.15, 0.2) is 23.1 Å². The highest BCUT2D eigenvalue weighted by Gasteiger charge is 2.03. The highest BCUT2D eigenvalue weighted by atomic mass is 32.2. The van der Waals surface area contributed by atoms with Crippen molar-refractivity contribution in [3.8, 4) is 0 Å². The number of hydrogen-bond acceptors (Lipinski definition) is 2. The van der Waals surface area contributed by atoms with Crippen molar-refractivity contribution in [2.75, 3.05) is 6.54 Å². The van der Waals surface area contributed by atoms with E-state index < -0.39 is 0 Å². The molecule has 72 valence electrons. The molecular formula is C10H14FNS. The Kier molecular flexibility index (Phi) is 3.75. The molecule has 1 nitrogen and oxygen atoms in total. The van der Waals surface area contributed by atoms with Crippen LogP contribution in [0.4, 0.5) is 4.39 Å². The normalized spacial score (nSPS) is 12.9. The zero-order valence-electron chi connectivity index (χ0n) is 7.88. The van der Waals surface area contributed by atoms with Gasteiger partial charge in [0.05, 0.1) is 0 Å². The van der Waals surface area contributed by atoms with Gasteiger partial charge < -0.3 is 5.73 Å². The predicted molar refractivity (Wildman–Crippen MR) is 55.5 cm³/mol. The van der Waals surface area contributed by atoms with E-state index in [1.54, 1.807) is 24.8 Å². The summed E-state index contributed by atoms with van der Waals surface area (Å²) in [6.07, 6.45) is 0. The van der Waals surface area contributed by atoms with E-state index in [1.165, 1.54) is 6.07 Å². The average Bonchev–Trinajstić information content (AvgIpc) is 2.11. The van der Waals surface area contributed by atoms with Crippen molar-refractivity contribution in [1.82, 2.24) is 0 Å². The Morgan fingerprint density at radius 3 is 2.77 bits per heavy atom. The van der Waals surface area contributed by atoms with Gasteiger partial charge in [0.1, 0.15) is 5.82 Å². The lowest BCUT2D eigenvalue weighted by atomic mass is 10.2. The second kappa shape index (κ2) is 4.63. The van der Waals surface area contributed by atoms with Crippen LogP contribution in [0.2, 0.25) is 0 Å². The van der Waals surface area contributed by atoms with Crippen molar-refractivity contribution in [3.63, 3.8) is 0 Å². The third kappa shape index (κ3) is 3.01. The number of rotatable bonds is 3. The summed E-state index contributed by atoms with van der Waals surface area (Å²) < 4.78 is 12.9. The molecule has 0 saturated heterocycles. The van der Waals surface area contributed by atoms with Gasteiger partial charge in [-0.2, -0.15) is 0 Å². The van der Waals surface area contributed by atoms with Crippen molar-refractivity contribution >= 4 is 11.8 Å². The summed E-state index contributed by atoms with van der Waals surface area (Å²) in [5.74, 6) is -0.148. The summed E-state index contributed by atoms with van der Waals surface area (Å²) in [4.78, 5) is 1.08. The molecule has 0 amide bonds. The first-order chi connectivity index (χ1) is 6.13. The van der Waals surface area contributed by atoms with Gasteiger partial charge in [0.25, 0.3) is 0 Å². The Bertz CT molecular complexity index is 288. The maximum Gasteiger partial charge on any atom is 0.126 e. The molecule has 1 aromatic carbocycles. The van der Waals surface area contributed by atoms with E-state index in [-0.39, 0.29) is 5.82 Å². The number of halogens is 1. The van der Waals surface area contributed by atoms with Gasteiger partial charge in [-0.15, -0.1) is 11.8 Å². The third-order valence-electron chi connectivity index (χ3n) is 1.80. The number of aryl methyl sites for hydroxylation is 1. The van der Waals surface area contributed by atoms with Gasteiger partial charge in [-0.3, -0.25) is 0 Å². The Morgan fingerprint density at radius 2 is 2.23 bits per heavy atom. The summed E-state index contributed by atoms with van der Waals surface area (Å²) in [5.41, 5.74) is 6.18. The zero-order valence-corrected chi connectivity index (χ0v) is 8.70. The van der Waals surface area contributed by atoms with Crippen LogP contribution in [0.3, 0.4) is 0 Å². The second-order valence-corrected chi connectivity index (χ2v) is 4.59. The van der Waals surface area contributed by atoms with Gasteiger partial charge in [0, 0.05) is 16.7 Å². The van der Waals surface area contributed by atoms with Gasteiger partial charge in [0.15, 0.2) is 0 Å². The van der Waals surface area contributed by atoms with E-state index in [9.17, 15) is 4.39 Å². The van der Waals surface area contributed by atoms with E-state index in [0.29, 0.717) is 17.4 Å². The number of nitrogens with two attached hydrogens (primary N) is 1. The Morgan fingerprint density at radius 1 is 1.54 bits per heavy atom. The van der Waals surface area contributed by atoms with Crippen molar-refractivity contribution in [3.05, 3.63) is 29.6 Å². The molecule has 1 aromatic rings. The summed E-state index contributed by atoms with van der Waals surface area (Å²) >= 11 is 1.67. The minimum atomic E-state index is -0.148. The number of benzene rings is 1. The zero-order chi connectivity index (χ0) is 9.84. The molecule has 0 bridgehead atoms. The first-order valence-corrected chi connectivity index (χ1v) is 5.14. The highest BCUT2D eigenvalue weighted by Crippen LogP contribution is 2.24. The fourth-order valence-electron chi connectivity index (χ4n) is 0.971. The van der Waals surface area contributed by atoms with Gasteiger partial charge in [-0.05, 0) is 30.7 Å². The number of thioether (sulfide) groups is 1. The molecule has 13 heavy (non-hydrogen) atoms. The average molecular weight is 199 g/mol. The topological polar surface area (TPSA) is 26.0 Å². The molecule has 3 heteroatoms. The lowest BCUT2D eigenvalue weighted by Crippen LogP contribution is -2.12. The standard InChI is InChI=1S/C10H14FNS/c1-7-5-9(3-4-10(7)11)13-8(2)6-12/h3-5,8H,6,12H2,1-2H3. The smallest absolute Gasteiger partial charge is 0.126 e. The quantitative estimate of drug-likeness (QED) is 0.757. The summed E-state index contributed by atoms with van der Waals surface area (Å²) in [6.45, 7) is 4.47. The first kappa shape index (κ1) is 10.5. The molecule has 0 heterocycles. The van der Waals surface area contributed by atoms with Crippen LogP contribution in [-0.4, -0.2) is 11.8 Å². The predicted octanol–water partition coefficient (Wildman–Crippen LogP) is 2.57. The lowest BCUT2D eigenvalue weighted by Gasteiger charge is -2.08. The molecule has 0 aromatic heterocycles. The minimum Gasteiger partial charge on any atom is -0.329 e. The summed E-state index contributed by atoms with van der Waals surface area (Å²) in [7, 11) is 0. The first-order valence-electron chi connectivity index (χ1n) is 4.26. The molecule has 0 aliphatic carbocycles. The molecule has 0 fully saturated rings. The van der Waals surface area contributed by atoms with Crippen LogP contribution in [0.5, 0.6) is 0 Å². The fourth-order valence-corrected chi connectivity index (χ4v) is 1.92. The maximum absolute atomic E-state index is 12.9. The summed E-state index contributed by atoms with van der Waals surface area (Å²) in [6, 6.07) is 5.15. The third-order valence-corrected chi connectivity index (χ3v) is 2.92. The molecule has 2 N–H and O–H groups in total. The Balaban J connectivity index is 2.73. The Labute approximate surface area is 82.5 Å². The van der Waals surface area contributed by atoms with E-state index in [2.05, 4.69) is 6.92 Å². The van der Waals surface area contributed by atoms with Crippen LogP contribution >= 0.6 is 11.8 Å². The van der Waals surface area contributed by atoms with Crippen molar-refractivity contribution in [1.29, 1.82) is 0 Å². The highest BCUT2D eigenvalue weighted by molar-refractivity contribution is 8.00. The molecule has 1 atom stereocenters. The minimum absolute atomic E-state index is 0.148. The van der Waals surface area contributed by atoms with Crippen LogP contribution in [0, 0.1) is 12.7 Å². The van der Waals surface area contributed by atoms with E-state index in [4.69, 9.17) is 5.73 Å². The molecule has 0 aliphatic rings. The van der Waals surface area contributed by atoms with Gasteiger partial charge in [-0.25, -0.2) is 4.39 Å². The number of hydrogen-bond donors (Lipinski definition) is 1. The van der Waals surface area contributed by atoms with Crippen LogP contribution < -0.4 is 5.73 Å². The fraction of sp³-hybridized carbons (Fsp3) is 0.400. The largest absolute Gasteiger partial charge is 0.329 e. The molecule has 0 spiro atoms. The summed E-state index contributed by atoms with van der Waals surface area (Å²) in [5, 5.41) is 0.380. The Hall–Kier alpha value is -0.540. The van der Waals surface area contributed by atoms with Crippen LogP contribution in [-0.2, 0) is 0 Å². The molecule has 0 radical (unpaired) electrons. The van der Waals surface area contributed by atoms with Gasteiger partial charge in [-0.1, -0.05) is 6.92 Å². The molecule has 1 rings (SSSR count). The molecule has 0 aliphatic heterocycles. The van der Waals surface area contributed by atoms with Crippen molar-refractivity contribution in [2.45, 2.75) is 24.0 Å². The molecule has 1 unspecified atom stereocenters. The monoisotopic (exact) mass is 199 g/mol. The SMILES string of the molecule is Cc1cc(SC(C)CN)ccc1F. The lowest BCUT2D eigenvalue weighted by molar-refractivity contribution is 0.617. The van der Waals surface area contributed by atoms with Crippen molar-refractivity contribution in [2.24, 2.45) is 5.73 Å². The van der Waals surface area contributed by atoms with E-state index in [1.807, 2.05) is 6.07 Å². The van der Waals surface area contributed by atoms with Crippen LogP contribution in [0.1, 0.15) is 12.5 Å². The van der Waals surface area contributed by atoms with E-state index >= 15 is 0 Å². The maximum atomic E-state index is 12.9. The second-order valence-electron chi connectivity index (χ2n) is 3.08. The van der Waals surface area contributed by atoms with Crippen LogP contribution in [0.25, 0.3) is 0 Å². The van der Waals surface area contributed by atoms with E-state index in [0.717, 1.165) is 4.90 Å². The van der Waals surface area contributed by atoms with Gasteiger partial charge >= 0.3 is 0 Å².